The SMILES string of the molecule is CCN(CC)S(=O)(=O)c1ccc(C(=O)N2CC(=O)Nc3ccc(F)cc3[C@@H]2c2ccccc2)cc1. The fraction of sp³-hybridized carbons (Fsp3) is 0.231. The van der Waals surface area contributed by atoms with Gasteiger partial charge in [-0.25, -0.2) is 12.8 Å². The van der Waals surface area contributed by atoms with Crippen molar-refractivity contribution in [1.82, 2.24) is 9.21 Å². The van der Waals surface area contributed by atoms with Crippen molar-refractivity contribution >= 4 is 27.5 Å². The van der Waals surface area contributed by atoms with Crippen molar-refractivity contribution in [3.05, 3.63) is 95.3 Å². The first-order chi connectivity index (χ1) is 16.8. The number of rotatable bonds is 6. The number of halogens is 1. The molecule has 1 aliphatic heterocycles. The maximum atomic E-state index is 14.3. The van der Waals surface area contributed by atoms with Gasteiger partial charge in [0.15, 0.2) is 0 Å². The largest absolute Gasteiger partial charge is 0.324 e. The Morgan fingerprint density at radius 3 is 2.31 bits per heavy atom. The summed E-state index contributed by atoms with van der Waals surface area (Å²) in [5, 5.41) is 2.76. The van der Waals surface area contributed by atoms with Crippen LogP contribution < -0.4 is 5.32 Å². The molecule has 0 aliphatic carbocycles. The smallest absolute Gasteiger partial charge is 0.255 e. The van der Waals surface area contributed by atoms with E-state index in [0.717, 1.165) is 0 Å². The molecule has 7 nitrogen and oxygen atoms in total. The summed E-state index contributed by atoms with van der Waals surface area (Å²) in [7, 11) is -3.68. The molecule has 1 heterocycles. The summed E-state index contributed by atoms with van der Waals surface area (Å²) in [4.78, 5) is 27.8. The zero-order valence-electron chi connectivity index (χ0n) is 19.4. The highest BCUT2D eigenvalue weighted by atomic mass is 32.2. The van der Waals surface area contributed by atoms with E-state index in [1.54, 1.807) is 13.8 Å². The van der Waals surface area contributed by atoms with Crippen molar-refractivity contribution in [2.75, 3.05) is 25.0 Å². The average molecular weight is 496 g/mol. The molecule has 4 rings (SSSR count). The highest BCUT2D eigenvalue weighted by Crippen LogP contribution is 2.37. The van der Waals surface area contributed by atoms with E-state index in [1.807, 2.05) is 30.3 Å². The molecule has 0 fully saturated rings. The minimum atomic E-state index is -3.68. The lowest BCUT2D eigenvalue weighted by molar-refractivity contribution is -0.117. The first-order valence-electron chi connectivity index (χ1n) is 11.3. The molecule has 0 saturated heterocycles. The normalized spacial score (nSPS) is 15.9. The van der Waals surface area contributed by atoms with Gasteiger partial charge in [0.2, 0.25) is 15.9 Å². The predicted octanol–water partition coefficient (Wildman–Crippen LogP) is 4.04. The van der Waals surface area contributed by atoms with Crippen LogP contribution in [0.1, 0.15) is 41.4 Å². The fourth-order valence-corrected chi connectivity index (χ4v) is 5.77. The Morgan fingerprint density at radius 1 is 1.03 bits per heavy atom. The lowest BCUT2D eigenvalue weighted by Crippen LogP contribution is -2.39. The fourth-order valence-electron chi connectivity index (χ4n) is 4.31. The van der Waals surface area contributed by atoms with Crippen LogP contribution in [0.3, 0.4) is 0 Å². The predicted molar refractivity (Wildman–Crippen MR) is 131 cm³/mol. The summed E-state index contributed by atoms with van der Waals surface area (Å²) < 4.78 is 41.2. The number of hydrogen-bond donors (Lipinski definition) is 1. The summed E-state index contributed by atoms with van der Waals surface area (Å²) in [5.74, 6) is -1.37. The van der Waals surface area contributed by atoms with Gasteiger partial charge in [0, 0.05) is 29.9 Å². The van der Waals surface area contributed by atoms with Gasteiger partial charge in [0.05, 0.1) is 10.9 Å². The maximum absolute atomic E-state index is 14.3. The average Bonchev–Trinajstić information content (AvgIpc) is 3.00. The third-order valence-corrected chi connectivity index (χ3v) is 8.09. The van der Waals surface area contributed by atoms with Gasteiger partial charge >= 0.3 is 0 Å². The van der Waals surface area contributed by atoms with Crippen LogP contribution in [0.4, 0.5) is 10.1 Å². The molecule has 3 aromatic carbocycles. The topological polar surface area (TPSA) is 86.8 Å². The first-order valence-corrected chi connectivity index (χ1v) is 12.8. The van der Waals surface area contributed by atoms with Gasteiger partial charge in [-0.05, 0) is 48.0 Å². The third kappa shape index (κ3) is 4.82. The van der Waals surface area contributed by atoms with Crippen LogP contribution in [-0.2, 0) is 14.8 Å². The van der Waals surface area contributed by atoms with Crippen LogP contribution in [0, 0.1) is 5.82 Å². The number of nitrogens with one attached hydrogen (secondary N) is 1. The van der Waals surface area contributed by atoms with Gasteiger partial charge < -0.3 is 10.2 Å². The van der Waals surface area contributed by atoms with Gasteiger partial charge in [-0.15, -0.1) is 0 Å². The zero-order valence-corrected chi connectivity index (χ0v) is 20.3. The Hall–Kier alpha value is -3.56. The van der Waals surface area contributed by atoms with Gasteiger partial charge in [0.1, 0.15) is 12.4 Å². The van der Waals surface area contributed by atoms with Gasteiger partial charge in [-0.3, -0.25) is 9.59 Å². The number of nitrogens with zero attached hydrogens (tertiary/aromatic N) is 2. The van der Waals surface area contributed by atoms with Crippen LogP contribution in [0.2, 0.25) is 0 Å². The molecule has 35 heavy (non-hydrogen) atoms. The number of amides is 2. The summed E-state index contributed by atoms with van der Waals surface area (Å²) >= 11 is 0. The van der Waals surface area contributed by atoms with Crippen LogP contribution in [0.5, 0.6) is 0 Å². The van der Waals surface area contributed by atoms with Crippen molar-refractivity contribution in [3.63, 3.8) is 0 Å². The molecule has 0 radical (unpaired) electrons. The van der Waals surface area contributed by atoms with E-state index in [2.05, 4.69) is 5.32 Å². The van der Waals surface area contributed by atoms with Crippen molar-refractivity contribution in [2.24, 2.45) is 0 Å². The van der Waals surface area contributed by atoms with E-state index in [-0.39, 0.29) is 17.0 Å². The van der Waals surface area contributed by atoms with Crippen LogP contribution in [0.15, 0.2) is 77.7 Å². The van der Waals surface area contributed by atoms with Crippen molar-refractivity contribution in [1.29, 1.82) is 0 Å². The summed E-state index contributed by atoms with van der Waals surface area (Å²) in [5.41, 5.74) is 1.82. The molecule has 0 unspecified atom stereocenters. The quantitative estimate of drug-likeness (QED) is 0.559. The Balaban J connectivity index is 1.77. The minimum absolute atomic E-state index is 0.0818. The highest BCUT2D eigenvalue weighted by Gasteiger charge is 2.34. The maximum Gasteiger partial charge on any atom is 0.255 e. The molecule has 1 aliphatic rings. The first kappa shape index (κ1) is 24.6. The molecule has 0 bridgehead atoms. The van der Waals surface area contributed by atoms with Crippen LogP contribution >= 0.6 is 0 Å². The monoisotopic (exact) mass is 495 g/mol. The van der Waals surface area contributed by atoms with Crippen LogP contribution in [-0.4, -0.2) is 49.1 Å². The Morgan fingerprint density at radius 2 is 1.69 bits per heavy atom. The summed E-state index contributed by atoms with van der Waals surface area (Å²) in [6, 6.07) is 18.1. The molecule has 1 atom stereocenters. The Bertz CT molecular complexity index is 1340. The molecular weight excluding hydrogens is 469 g/mol. The number of carbonyl (C=O) groups is 2. The molecule has 9 heteroatoms. The second-order valence-corrected chi connectivity index (χ2v) is 10.1. The van der Waals surface area contributed by atoms with Gasteiger partial charge in [0.25, 0.3) is 5.91 Å². The molecule has 1 N–H and O–H groups in total. The molecule has 2 amide bonds. The second-order valence-electron chi connectivity index (χ2n) is 8.14. The van der Waals surface area contributed by atoms with Crippen molar-refractivity contribution in [3.8, 4) is 0 Å². The van der Waals surface area contributed by atoms with Gasteiger partial charge in [-0.2, -0.15) is 4.31 Å². The van der Waals surface area contributed by atoms with Crippen molar-refractivity contribution in [2.45, 2.75) is 24.8 Å². The van der Waals surface area contributed by atoms with E-state index in [9.17, 15) is 22.4 Å². The number of carbonyl (C=O) groups excluding carboxylic acids is 2. The summed E-state index contributed by atoms with van der Waals surface area (Å²) in [6.07, 6.45) is 0. The van der Waals surface area contributed by atoms with E-state index >= 15 is 0 Å². The standard InChI is InChI=1S/C26H26FN3O4S/c1-3-29(4-2)35(33,34)21-13-10-19(11-14-21)26(32)30-17-24(31)28-23-15-12-20(27)16-22(23)25(30)18-8-6-5-7-9-18/h5-16,25H,3-4,17H2,1-2H3,(H,28,31)/t25-/m0/s1. The highest BCUT2D eigenvalue weighted by molar-refractivity contribution is 7.89. The van der Waals surface area contributed by atoms with E-state index in [1.165, 1.54) is 51.7 Å². The number of sulfonamides is 1. The van der Waals surface area contributed by atoms with E-state index in [4.69, 9.17) is 0 Å². The molecule has 3 aromatic rings. The minimum Gasteiger partial charge on any atom is -0.324 e. The summed E-state index contributed by atoms with van der Waals surface area (Å²) in [6.45, 7) is 3.92. The third-order valence-electron chi connectivity index (χ3n) is 6.03. The second kappa shape index (κ2) is 9.97. The molecular formula is C26H26FN3O4S. The molecule has 0 saturated carbocycles. The number of fused-ring (bicyclic) bond motifs is 1. The Kier molecular flexibility index (Phi) is 7.00. The lowest BCUT2D eigenvalue weighted by Gasteiger charge is -2.30. The molecule has 0 aromatic heterocycles. The van der Waals surface area contributed by atoms with Crippen LogP contribution in [0.25, 0.3) is 0 Å². The number of hydrogen-bond acceptors (Lipinski definition) is 4. The number of benzene rings is 3. The zero-order chi connectivity index (χ0) is 25.2. The van der Waals surface area contributed by atoms with Crippen molar-refractivity contribution < 1.29 is 22.4 Å². The molecule has 182 valence electrons. The molecule has 0 spiro atoms. The lowest BCUT2D eigenvalue weighted by atomic mass is 9.95. The van der Waals surface area contributed by atoms with Gasteiger partial charge in [-0.1, -0.05) is 44.2 Å². The van der Waals surface area contributed by atoms with E-state index < -0.39 is 33.7 Å². The Labute approximate surface area is 204 Å². The number of anilines is 1. The van der Waals surface area contributed by atoms with E-state index in [0.29, 0.717) is 29.9 Å².